The molecule has 9 heteroatoms. The number of carbonyl (C=O) groups is 1. The average molecular weight is 433 g/mol. The van der Waals surface area contributed by atoms with Crippen molar-refractivity contribution in [1.82, 2.24) is 5.43 Å². The molecule has 0 saturated carbocycles. The third kappa shape index (κ3) is 6.72. The van der Waals surface area contributed by atoms with E-state index >= 15 is 0 Å². The number of benzene rings is 2. The SMILES string of the molecule is CN(C)c1ccc([P@](=O)(CC(=O)N/N=C\c2ccc(C#N)cc2)OCCCl)cc1. The molecule has 0 saturated heterocycles. The molecule has 0 aliphatic carbocycles. The Labute approximate surface area is 175 Å². The van der Waals surface area contributed by atoms with Crippen LogP contribution in [0.2, 0.25) is 0 Å². The molecule has 2 aromatic carbocycles. The molecule has 1 atom stereocenters. The third-order valence-electron chi connectivity index (χ3n) is 3.93. The summed E-state index contributed by atoms with van der Waals surface area (Å²) in [6.07, 6.45) is 1.09. The summed E-state index contributed by atoms with van der Waals surface area (Å²) in [5.74, 6) is -0.373. The summed E-state index contributed by atoms with van der Waals surface area (Å²) in [6.45, 7) is 0.0655. The molecule has 1 amide bonds. The van der Waals surface area contributed by atoms with Gasteiger partial charge in [-0.15, -0.1) is 11.6 Å². The van der Waals surface area contributed by atoms with Crippen LogP contribution in [-0.4, -0.2) is 44.9 Å². The first-order valence-corrected chi connectivity index (χ1v) is 11.1. The number of carbonyl (C=O) groups excluding carboxylic acids is 1. The van der Waals surface area contributed by atoms with Crippen LogP contribution < -0.4 is 15.6 Å². The van der Waals surface area contributed by atoms with Gasteiger partial charge in [0.25, 0.3) is 0 Å². The van der Waals surface area contributed by atoms with Crippen molar-refractivity contribution in [1.29, 1.82) is 5.26 Å². The summed E-state index contributed by atoms with van der Waals surface area (Å²) in [4.78, 5) is 14.2. The first-order valence-electron chi connectivity index (χ1n) is 8.77. The first kappa shape index (κ1) is 22.6. The van der Waals surface area contributed by atoms with Crippen LogP contribution in [-0.2, 0) is 13.9 Å². The third-order valence-corrected chi connectivity index (χ3v) is 6.47. The van der Waals surface area contributed by atoms with Crippen molar-refractivity contribution in [3.05, 3.63) is 59.7 Å². The second-order valence-corrected chi connectivity index (χ2v) is 9.11. The van der Waals surface area contributed by atoms with Gasteiger partial charge in [0.05, 0.1) is 24.5 Å². The molecule has 0 radical (unpaired) electrons. The van der Waals surface area contributed by atoms with E-state index in [0.717, 1.165) is 5.69 Å². The van der Waals surface area contributed by atoms with E-state index in [1.165, 1.54) is 6.21 Å². The van der Waals surface area contributed by atoms with Crippen molar-refractivity contribution in [2.24, 2.45) is 5.10 Å². The van der Waals surface area contributed by atoms with Gasteiger partial charge in [0.15, 0.2) is 0 Å². The first-order chi connectivity index (χ1) is 13.9. The Hall–Kier alpha value is -2.65. The van der Waals surface area contributed by atoms with E-state index in [-0.39, 0.29) is 18.6 Å². The van der Waals surface area contributed by atoms with Gasteiger partial charge in [-0.05, 0) is 42.0 Å². The van der Waals surface area contributed by atoms with Gasteiger partial charge in [-0.25, -0.2) is 5.43 Å². The van der Waals surface area contributed by atoms with E-state index in [1.54, 1.807) is 36.4 Å². The van der Waals surface area contributed by atoms with Crippen molar-refractivity contribution in [3.8, 4) is 6.07 Å². The van der Waals surface area contributed by atoms with Gasteiger partial charge < -0.3 is 9.42 Å². The predicted octanol–water partition coefficient (Wildman–Crippen LogP) is 2.93. The van der Waals surface area contributed by atoms with E-state index in [9.17, 15) is 9.36 Å². The quantitative estimate of drug-likeness (QED) is 0.284. The van der Waals surface area contributed by atoms with Crippen LogP contribution in [0.4, 0.5) is 5.69 Å². The molecule has 1 N–H and O–H groups in total. The standard InChI is InChI=1S/C20H22ClN4O3P/c1-25(2)18-7-9-19(10-8-18)29(27,28-12-11-21)15-20(26)24-23-14-17-5-3-16(13-22)4-6-17/h3-10,14H,11-12,15H2,1-2H3,(H,24,26)/b23-14-/t29-/m0/s1. The number of amides is 1. The van der Waals surface area contributed by atoms with Crippen LogP contribution in [0, 0.1) is 11.3 Å². The van der Waals surface area contributed by atoms with Crippen LogP contribution in [0.5, 0.6) is 0 Å². The maximum atomic E-state index is 13.3. The van der Waals surface area contributed by atoms with Crippen molar-refractivity contribution in [2.75, 3.05) is 37.6 Å². The normalized spacial score (nSPS) is 12.9. The Balaban J connectivity index is 2.07. The number of hydrogen-bond acceptors (Lipinski definition) is 6. The molecule has 0 unspecified atom stereocenters. The highest BCUT2D eigenvalue weighted by Crippen LogP contribution is 2.45. The number of nitriles is 1. The summed E-state index contributed by atoms with van der Waals surface area (Å²) in [7, 11) is 0.359. The fourth-order valence-electron chi connectivity index (χ4n) is 2.42. The minimum absolute atomic E-state index is 0.0655. The zero-order valence-corrected chi connectivity index (χ0v) is 17.9. The van der Waals surface area contributed by atoms with Crippen LogP contribution in [0.15, 0.2) is 53.6 Å². The summed E-state index contributed by atoms with van der Waals surface area (Å²) < 4.78 is 18.8. The van der Waals surface area contributed by atoms with E-state index in [4.69, 9.17) is 21.4 Å². The smallest absolute Gasteiger partial charge is 0.250 e. The second-order valence-electron chi connectivity index (χ2n) is 6.29. The molecule has 0 aliphatic rings. The number of nitrogens with zero attached hydrogens (tertiary/aromatic N) is 3. The maximum absolute atomic E-state index is 13.3. The number of halogens is 1. The predicted molar refractivity (Wildman–Crippen MR) is 116 cm³/mol. The van der Waals surface area contributed by atoms with Gasteiger partial charge in [-0.1, -0.05) is 12.1 Å². The molecule has 29 heavy (non-hydrogen) atoms. The van der Waals surface area contributed by atoms with Gasteiger partial charge in [0, 0.05) is 31.0 Å². The number of hydrogen-bond donors (Lipinski definition) is 1. The van der Waals surface area contributed by atoms with E-state index in [0.29, 0.717) is 16.4 Å². The van der Waals surface area contributed by atoms with Gasteiger partial charge in [-0.3, -0.25) is 9.36 Å². The highest BCUT2D eigenvalue weighted by atomic mass is 35.5. The Kier molecular flexibility index (Phi) is 8.41. The van der Waals surface area contributed by atoms with Crippen molar-refractivity contribution in [3.63, 3.8) is 0 Å². The molecule has 0 spiro atoms. The van der Waals surface area contributed by atoms with Crippen molar-refractivity contribution >= 4 is 42.1 Å². The Morgan fingerprint density at radius 1 is 1.24 bits per heavy atom. The lowest BCUT2D eigenvalue weighted by atomic mass is 10.2. The van der Waals surface area contributed by atoms with Gasteiger partial charge in [0.2, 0.25) is 13.3 Å². The van der Waals surface area contributed by atoms with Crippen LogP contribution in [0.1, 0.15) is 11.1 Å². The summed E-state index contributed by atoms with van der Waals surface area (Å²) in [6, 6.07) is 15.7. The van der Waals surface area contributed by atoms with Crippen molar-refractivity contribution < 1.29 is 13.9 Å². The highest BCUT2D eigenvalue weighted by Gasteiger charge is 2.29. The lowest BCUT2D eigenvalue weighted by molar-refractivity contribution is -0.118. The molecule has 152 valence electrons. The molecule has 0 bridgehead atoms. The van der Waals surface area contributed by atoms with E-state index in [2.05, 4.69) is 10.5 Å². The Bertz CT molecular complexity index is 938. The fourth-order valence-corrected chi connectivity index (χ4v) is 4.46. The topological polar surface area (TPSA) is 94.8 Å². The second kappa shape index (κ2) is 10.8. The van der Waals surface area contributed by atoms with Gasteiger partial charge in [-0.2, -0.15) is 10.4 Å². The number of hydrazone groups is 1. The Morgan fingerprint density at radius 3 is 2.45 bits per heavy atom. The lowest BCUT2D eigenvalue weighted by Gasteiger charge is -2.19. The number of nitrogens with one attached hydrogen (secondary N) is 1. The molecular formula is C20H22ClN4O3P. The Morgan fingerprint density at radius 2 is 1.90 bits per heavy atom. The highest BCUT2D eigenvalue weighted by molar-refractivity contribution is 7.67. The molecule has 0 aromatic heterocycles. The number of anilines is 1. The largest absolute Gasteiger partial charge is 0.378 e. The minimum Gasteiger partial charge on any atom is -0.378 e. The molecule has 7 nitrogen and oxygen atoms in total. The lowest BCUT2D eigenvalue weighted by Crippen LogP contribution is -2.25. The molecule has 2 rings (SSSR count). The molecule has 0 heterocycles. The number of alkyl halides is 1. The summed E-state index contributed by atoms with van der Waals surface area (Å²) >= 11 is 5.67. The van der Waals surface area contributed by atoms with E-state index in [1.807, 2.05) is 37.2 Å². The number of rotatable bonds is 9. The van der Waals surface area contributed by atoms with Crippen molar-refractivity contribution in [2.45, 2.75) is 0 Å². The zero-order chi connectivity index (χ0) is 21.3. The van der Waals surface area contributed by atoms with E-state index < -0.39 is 13.3 Å². The molecule has 2 aromatic rings. The van der Waals surface area contributed by atoms with Crippen LogP contribution in [0.25, 0.3) is 0 Å². The molecule has 0 aliphatic heterocycles. The maximum Gasteiger partial charge on any atom is 0.250 e. The van der Waals surface area contributed by atoms with Crippen LogP contribution >= 0.6 is 19.0 Å². The van der Waals surface area contributed by atoms with Gasteiger partial charge >= 0.3 is 0 Å². The monoisotopic (exact) mass is 432 g/mol. The summed E-state index contributed by atoms with van der Waals surface area (Å²) in [5.41, 5.74) is 4.55. The van der Waals surface area contributed by atoms with Crippen LogP contribution in [0.3, 0.4) is 0 Å². The minimum atomic E-state index is -3.44. The fraction of sp³-hybridized carbons (Fsp3) is 0.250. The zero-order valence-electron chi connectivity index (χ0n) is 16.2. The molecule has 0 fully saturated rings. The molecular weight excluding hydrogens is 411 g/mol. The average Bonchev–Trinajstić information content (AvgIpc) is 2.73. The van der Waals surface area contributed by atoms with Gasteiger partial charge in [0.1, 0.15) is 6.16 Å². The summed E-state index contributed by atoms with van der Waals surface area (Å²) in [5, 5.41) is 13.1.